The van der Waals surface area contributed by atoms with Crippen LogP contribution in [0.4, 0.5) is 8.78 Å². The highest BCUT2D eigenvalue weighted by atomic mass is 35.5. The second-order valence-corrected chi connectivity index (χ2v) is 5.81. The molecule has 0 spiro atoms. The van der Waals surface area contributed by atoms with Crippen molar-refractivity contribution in [2.75, 3.05) is 0 Å². The van der Waals surface area contributed by atoms with Crippen molar-refractivity contribution in [3.63, 3.8) is 0 Å². The summed E-state index contributed by atoms with van der Waals surface area (Å²) in [6.45, 7) is -0.505. The van der Waals surface area contributed by atoms with Gasteiger partial charge in [-0.1, -0.05) is 22.8 Å². The van der Waals surface area contributed by atoms with Crippen LogP contribution in [-0.2, 0) is 6.61 Å². The molecule has 0 aliphatic heterocycles. The molecule has 0 saturated carbocycles. The Morgan fingerprint density at radius 1 is 1.31 bits per heavy atom. The zero-order valence-corrected chi connectivity index (χ0v) is 13.6. The number of benzene rings is 2. The van der Waals surface area contributed by atoms with Gasteiger partial charge in [0, 0.05) is 5.02 Å². The molecule has 0 atom stereocenters. The summed E-state index contributed by atoms with van der Waals surface area (Å²) in [5.41, 5.74) is 0.115. The van der Waals surface area contributed by atoms with E-state index in [1.807, 2.05) is 0 Å². The van der Waals surface area contributed by atoms with E-state index in [0.717, 1.165) is 10.6 Å². The molecular formula is C16H9ClF2N4O3. The van der Waals surface area contributed by atoms with Crippen LogP contribution in [0.25, 0.3) is 28.1 Å². The maximum atomic E-state index is 14.1. The Hall–Kier alpha value is -3.04. The molecule has 0 amide bonds. The molecule has 2 aromatic heterocycles. The predicted molar refractivity (Wildman–Crippen MR) is 88.0 cm³/mol. The van der Waals surface area contributed by atoms with E-state index >= 15 is 0 Å². The molecule has 2 aromatic carbocycles. The summed E-state index contributed by atoms with van der Waals surface area (Å²) in [6, 6.07) is 7.17. The van der Waals surface area contributed by atoms with Crippen molar-refractivity contribution >= 4 is 22.6 Å². The number of aliphatic hydroxyl groups excluding tert-OH is 1. The number of hydrogen-bond acceptors (Lipinski definition) is 5. The second-order valence-electron chi connectivity index (χ2n) is 5.37. The van der Waals surface area contributed by atoms with Crippen LogP contribution in [-0.4, -0.2) is 24.8 Å². The third-order valence-corrected chi connectivity index (χ3v) is 4.01. The van der Waals surface area contributed by atoms with Gasteiger partial charge in [-0.2, -0.15) is 0 Å². The molecular weight excluding hydrogens is 370 g/mol. The smallest absolute Gasteiger partial charge is 0.388 e. The van der Waals surface area contributed by atoms with Crippen LogP contribution >= 0.6 is 11.6 Å². The summed E-state index contributed by atoms with van der Waals surface area (Å²) in [5.74, 6) is -3.24. The van der Waals surface area contributed by atoms with Crippen molar-refractivity contribution in [2.24, 2.45) is 0 Å². The first-order chi connectivity index (χ1) is 12.5. The number of nitrogens with zero attached hydrogens (tertiary/aromatic N) is 3. The molecule has 2 N–H and O–H groups in total. The number of rotatable bonds is 3. The summed E-state index contributed by atoms with van der Waals surface area (Å²) in [4.78, 5) is 18.6. The molecule has 0 unspecified atom stereocenters. The predicted octanol–water partition coefficient (Wildman–Crippen LogP) is 2.79. The van der Waals surface area contributed by atoms with Crippen molar-refractivity contribution in [1.29, 1.82) is 0 Å². The summed E-state index contributed by atoms with van der Waals surface area (Å²) in [5, 5.41) is 13.3. The lowest BCUT2D eigenvalue weighted by molar-refractivity contribution is 0.273. The van der Waals surface area contributed by atoms with Gasteiger partial charge in [0.25, 0.3) is 0 Å². The first-order valence-corrected chi connectivity index (χ1v) is 7.70. The van der Waals surface area contributed by atoms with E-state index in [9.17, 15) is 18.7 Å². The fraction of sp³-hybridized carbons (Fsp3) is 0.0625. The monoisotopic (exact) mass is 378 g/mol. The molecule has 0 aliphatic rings. The van der Waals surface area contributed by atoms with E-state index in [4.69, 9.17) is 16.1 Å². The average molecular weight is 379 g/mol. The van der Waals surface area contributed by atoms with Gasteiger partial charge in [0.15, 0.2) is 17.5 Å². The summed E-state index contributed by atoms with van der Waals surface area (Å²) >= 11 is 5.96. The zero-order chi connectivity index (χ0) is 18.4. The highest BCUT2D eigenvalue weighted by Crippen LogP contribution is 2.30. The van der Waals surface area contributed by atoms with Crippen LogP contribution in [0.1, 0.15) is 5.82 Å². The number of nitrogens with one attached hydrogen (secondary N) is 1. The lowest BCUT2D eigenvalue weighted by Crippen LogP contribution is -2.13. The van der Waals surface area contributed by atoms with Crippen LogP contribution < -0.4 is 5.76 Å². The molecule has 0 aliphatic carbocycles. The summed E-state index contributed by atoms with van der Waals surface area (Å²) in [7, 11) is 0. The van der Waals surface area contributed by atoms with E-state index < -0.39 is 24.0 Å². The van der Waals surface area contributed by atoms with Crippen LogP contribution in [0.2, 0.25) is 5.02 Å². The van der Waals surface area contributed by atoms with E-state index in [0.29, 0.717) is 10.7 Å². The third-order valence-electron chi connectivity index (χ3n) is 3.77. The van der Waals surface area contributed by atoms with Gasteiger partial charge in [0.1, 0.15) is 17.9 Å². The van der Waals surface area contributed by atoms with E-state index in [1.165, 1.54) is 6.07 Å². The minimum absolute atomic E-state index is 0.0332. The molecule has 0 radical (unpaired) electrons. The van der Waals surface area contributed by atoms with Crippen LogP contribution in [0, 0.1) is 11.6 Å². The first kappa shape index (κ1) is 16.4. The van der Waals surface area contributed by atoms with Crippen molar-refractivity contribution in [3.05, 3.63) is 63.4 Å². The van der Waals surface area contributed by atoms with Gasteiger partial charge in [0.2, 0.25) is 0 Å². The normalized spacial score (nSPS) is 11.4. The van der Waals surface area contributed by atoms with Gasteiger partial charge in [-0.05, 0) is 24.3 Å². The number of aromatic nitrogens is 4. The minimum atomic E-state index is -1.18. The second kappa shape index (κ2) is 6.04. The SMILES string of the molecule is O=c1onc(-c2cc(F)c(F)c3nc(CO)[nH]c23)n1-c1cccc(Cl)c1. The van der Waals surface area contributed by atoms with E-state index in [2.05, 4.69) is 15.1 Å². The number of hydrogen-bond donors (Lipinski definition) is 2. The lowest BCUT2D eigenvalue weighted by Gasteiger charge is -2.06. The molecule has 2 heterocycles. The van der Waals surface area contributed by atoms with Gasteiger partial charge in [-0.15, -0.1) is 0 Å². The van der Waals surface area contributed by atoms with Gasteiger partial charge < -0.3 is 10.1 Å². The third kappa shape index (κ3) is 2.49. The lowest BCUT2D eigenvalue weighted by atomic mass is 10.1. The van der Waals surface area contributed by atoms with Crippen LogP contribution in [0.3, 0.4) is 0 Å². The maximum absolute atomic E-state index is 14.1. The summed E-state index contributed by atoms with van der Waals surface area (Å²) in [6.07, 6.45) is 0. The molecule has 4 rings (SSSR count). The molecule has 0 bridgehead atoms. The Morgan fingerprint density at radius 2 is 2.12 bits per heavy atom. The average Bonchev–Trinajstić information content (AvgIpc) is 3.22. The largest absolute Gasteiger partial charge is 0.446 e. The van der Waals surface area contributed by atoms with Crippen molar-refractivity contribution < 1.29 is 18.4 Å². The standard InChI is InChI=1S/C16H9ClF2N4O3/c17-7-2-1-3-8(4-7)23-15(22-26-16(23)25)9-5-10(18)12(19)14-13(9)20-11(6-24)21-14/h1-5,24H,6H2,(H,20,21). The Bertz CT molecular complexity index is 1200. The fourth-order valence-corrected chi connectivity index (χ4v) is 2.85. The molecule has 4 aromatic rings. The number of aromatic amines is 1. The Labute approximate surface area is 148 Å². The Balaban J connectivity index is 2.05. The molecule has 0 saturated heterocycles. The molecule has 7 nitrogen and oxygen atoms in total. The minimum Gasteiger partial charge on any atom is -0.388 e. The summed E-state index contributed by atoms with van der Waals surface area (Å²) < 4.78 is 33.9. The molecule has 10 heteroatoms. The van der Waals surface area contributed by atoms with Crippen LogP contribution in [0.15, 0.2) is 39.6 Å². The molecule has 26 heavy (non-hydrogen) atoms. The Morgan fingerprint density at radius 3 is 2.85 bits per heavy atom. The fourth-order valence-electron chi connectivity index (χ4n) is 2.67. The first-order valence-electron chi connectivity index (χ1n) is 7.32. The van der Waals surface area contributed by atoms with E-state index in [-0.39, 0.29) is 28.2 Å². The van der Waals surface area contributed by atoms with Gasteiger partial charge in [0.05, 0.1) is 16.8 Å². The van der Waals surface area contributed by atoms with Crippen LogP contribution in [0.5, 0.6) is 0 Å². The van der Waals surface area contributed by atoms with Gasteiger partial charge in [-0.25, -0.2) is 23.1 Å². The zero-order valence-electron chi connectivity index (χ0n) is 12.8. The molecule has 0 fully saturated rings. The maximum Gasteiger partial charge on any atom is 0.446 e. The number of H-pyrrole nitrogens is 1. The number of aliphatic hydroxyl groups is 1. The van der Waals surface area contributed by atoms with Crippen molar-refractivity contribution in [2.45, 2.75) is 6.61 Å². The van der Waals surface area contributed by atoms with Gasteiger partial charge >= 0.3 is 5.76 Å². The van der Waals surface area contributed by atoms with Gasteiger partial charge in [-0.3, -0.25) is 4.52 Å². The van der Waals surface area contributed by atoms with Crippen molar-refractivity contribution in [3.8, 4) is 17.1 Å². The number of fused-ring (bicyclic) bond motifs is 1. The topological polar surface area (TPSA) is 96.9 Å². The molecule has 132 valence electrons. The number of halogens is 3. The quantitative estimate of drug-likeness (QED) is 0.571. The highest BCUT2D eigenvalue weighted by molar-refractivity contribution is 6.30. The van der Waals surface area contributed by atoms with E-state index in [1.54, 1.807) is 18.2 Å². The van der Waals surface area contributed by atoms with Crippen molar-refractivity contribution in [1.82, 2.24) is 19.7 Å². The number of imidazole rings is 1. The highest BCUT2D eigenvalue weighted by Gasteiger charge is 2.23. The Kier molecular flexibility index (Phi) is 3.82.